The Labute approximate surface area is 194 Å². The van der Waals surface area contributed by atoms with Crippen LogP contribution in [0.3, 0.4) is 0 Å². The van der Waals surface area contributed by atoms with Gasteiger partial charge in [0.1, 0.15) is 16.3 Å². The third kappa shape index (κ3) is 5.23. The number of aromatic nitrogens is 3. The summed E-state index contributed by atoms with van der Waals surface area (Å²) in [6.07, 6.45) is -1.11. The Morgan fingerprint density at radius 1 is 1.24 bits per heavy atom. The molecule has 6 N–H and O–H groups in total. The van der Waals surface area contributed by atoms with Crippen LogP contribution in [0.1, 0.15) is 30.0 Å². The summed E-state index contributed by atoms with van der Waals surface area (Å²) < 4.78 is 43.6. The van der Waals surface area contributed by atoms with Gasteiger partial charge in [0.15, 0.2) is 0 Å². The van der Waals surface area contributed by atoms with Crippen molar-refractivity contribution in [3.63, 3.8) is 0 Å². The monoisotopic (exact) mass is 493 g/mol. The number of nitrogens with one attached hydrogen (secondary N) is 1. The van der Waals surface area contributed by atoms with E-state index in [-0.39, 0.29) is 17.3 Å². The standard InChI is InChI=1S/C20H18F3N7O3S/c21-20(22,23)14-2-5-26-18(30-14)29-12-7-10(6-11(8-12)28-16(24)33-17(25)31)13-9-27-15(34-13)19(32)3-1-4-19/h2,5-9,32H,1,3-4H2,(H2,24,28)(H2,25,31)(H,26,29,30). The number of amides is 1. The molecule has 178 valence electrons. The highest BCUT2D eigenvalue weighted by Crippen LogP contribution is 2.44. The Bertz CT molecular complexity index is 1260. The van der Waals surface area contributed by atoms with Gasteiger partial charge in [0.25, 0.3) is 6.02 Å². The first-order chi connectivity index (χ1) is 16.0. The van der Waals surface area contributed by atoms with E-state index in [4.69, 9.17) is 11.5 Å². The minimum absolute atomic E-state index is 0.197. The molecule has 1 fully saturated rings. The van der Waals surface area contributed by atoms with E-state index < -0.39 is 29.6 Å². The van der Waals surface area contributed by atoms with Crippen LogP contribution in [-0.2, 0) is 16.5 Å². The molecule has 0 spiro atoms. The zero-order valence-electron chi connectivity index (χ0n) is 17.3. The van der Waals surface area contributed by atoms with Crippen molar-refractivity contribution in [1.29, 1.82) is 0 Å². The molecule has 1 aliphatic carbocycles. The zero-order valence-corrected chi connectivity index (χ0v) is 18.2. The van der Waals surface area contributed by atoms with E-state index in [1.807, 2.05) is 0 Å². The van der Waals surface area contributed by atoms with Crippen LogP contribution in [0.15, 0.2) is 41.7 Å². The van der Waals surface area contributed by atoms with E-state index in [2.05, 4.69) is 30.0 Å². The number of carbonyl (C=O) groups is 1. The van der Waals surface area contributed by atoms with Crippen molar-refractivity contribution in [3.05, 3.63) is 47.4 Å². The molecule has 1 aliphatic rings. The fourth-order valence-corrected chi connectivity index (χ4v) is 4.25. The summed E-state index contributed by atoms with van der Waals surface area (Å²) in [7, 11) is 0. The van der Waals surface area contributed by atoms with Crippen molar-refractivity contribution < 1.29 is 27.8 Å². The Hall–Kier alpha value is -3.78. The van der Waals surface area contributed by atoms with Crippen molar-refractivity contribution in [2.45, 2.75) is 31.0 Å². The second kappa shape index (κ2) is 8.87. The smallest absolute Gasteiger partial charge is 0.383 e. The molecule has 0 aliphatic heterocycles. The van der Waals surface area contributed by atoms with Crippen LogP contribution < -0.4 is 16.8 Å². The third-order valence-electron chi connectivity index (χ3n) is 4.93. The topological polar surface area (TPSA) is 162 Å². The van der Waals surface area contributed by atoms with Gasteiger partial charge in [0, 0.05) is 18.1 Å². The van der Waals surface area contributed by atoms with Gasteiger partial charge in [-0.1, -0.05) is 0 Å². The predicted molar refractivity (Wildman–Crippen MR) is 118 cm³/mol. The number of hydrogen-bond donors (Lipinski definition) is 4. The Balaban J connectivity index is 1.71. The van der Waals surface area contributed by atoms with Gasteiger partial charge in [-0.05, 0) is 49.1 Å². The molecule has 0 atom stereocenters. The van der Waals surface area contributed by atoms with Crippen molar-refractivity contribution in [2.75, 3.05) is 5.32 Å². The Morgan fingerprint density at radius 2 is 2.00 bits per heavy atom. The second-order valence-electron chi connectivity index (χ2n) is 7.44. The number of nitrogens with zero attached hydrogens (tertiary/aromatic N) is 4. The number of benzene rings is 1. The first kappa shape index (κ1) is 23.4. The van der Waals surface area contributed by atoms with Gasteiger partial charge in [0.2, 0.25) is 5.95 Å². The van der Waals surface area contributed by atoms with Crippen molar-refractivity contribution in [3.8, 4) is 10.4 Å². The van der Waals surface area contributed by atoms with Crippen molar-refractivity contribution >= 4 is 40.8 Å². The fraction of sp³-hybridized carbons (Fsp3) is 0.250. The molecular formula is C20H18F3N7O3S. The van der Waals surface area contributed by atoms with E-state index in [0.717, 1.165) is 18.7 Å². The summed E-state index contributed by atoms with van der Waals surface area (Å²) in [5.74, 6) is -0.294. The third-order valence-corrected chi connectivity index (χ3v) is 6.17. The molecule has 0 saturated heterocycles. The molecule has 0 radical (unpaired) electrons. The van der Waals surface area contributed by atoms with E-state index >= 15 is 0 Å². The molecule has 0 bridgehead atoms. The number of amidine groups is 1. The zero-order chi connectivity index (χ0) is 24.5. The van der Waals surface area contributed by atoms with E-state index in [1.54, 1.807) is 18.3 Å². The number of aliphatic hydroxyl groups is 1. The number of thiazole rings is 1. The quantitative estimate of drug-likeness (QED) is 0.308. The van der Waals surface area contributed by atoms with Gasteiger partial charge in [-0.15, -0.1) is 11.3 Å². The van der Waals surface area contributed by atoms with Gasteiger partial charge in [0.05, 0.1) is 10.6 Å². The number of rotatable bonds is 5. The SMILES string of the molecule is NC(=O)OC(N)=Nc1cc(Nc2nccc(C(F)(F)F)n2)cc(-c2cnc(C3(O)CCC3)s2)c1. The van der Waals surface area contributed by atoms with Gasteiger partial charge in [-0.3, -0.25) is 0 Å². The highest BCUT2D eigenvalue weighted by Gasteiger charge is 2.39. The van der Waals surface area contributed by atoms with E-state index in [1.165, 1.54) is 17.4 Å². The lowest BCUT2D eigenvalue weighted by atomic mass is 9.81. The number of alkyl halides is 3. The molecule has 4 rings (SSSR count). The van der Waals surface area contributed by atoms with Gasteiger partial charge in [-0.25, -0.2) is 19.7 Å². The second-order valence-corrected chi connectivity index (χ2v) is 8.47. The number of aliphatic imine (C=N–C) groups is 1. The molecule has 2 aromatic heterocycles. The lowest BCUT2D eigenvalue weighted by molar-refractivity contribution is -0.141. The number of primary amides is 1. The first-order valence-corrected chi connectivity index (χ1v) is 10.7. The highest BCUT2D eigenvalue weighted by atomic mass is 32.1. The molecule has 34 heavy (non-hydrogen) atoms. The van der Waals surface area contributed by atoms with Crippen LogP contribution in [-0.4, -0.2) is 32.2 Å². The molecule has 10 nitrogen and oxygen atoms in total. The van der Waals surface area contributed by atoms with Crippen molar-refractivity contribution in [1.82, 2.24) is 15.0 Å². The van der Waals surface area contributed by atoms with Crippen LogP contribution in [0.25, 0.3) is 10.4 Å². The summed E-state index contributed by atoms with van der Waals surface area (Å²) in [6, 6.07) is 4.88. The first-order valence-electron chi connectivity index (χ1n) is 9.85. The Morgan fingerprint density at radius 3 is 2.65 bits per heavy atom. The minimum atomic E-state index is -4.64. The maximum absolute atomic E-state index is 13.0. The molecule has 1 amide bonds. The van der Waals surface area contributed by atoms with E-state index in [9.17, 15) is 23.1 Å². The van der Waals surface area contributed by atoms with Crippen LogP contribution in [0, 0.1) is 0 Å². The largest absolute Gasteiger partial charge is 0.433 e. The normalized spacial score (nSPS) is 15.5. The maximum Gasteiger partial charge on any atom is 0.433 e. The van der Waals surface area contributed by atoms with Gasteiger partial charge < -0.3 is 26.6 Å². The average molecular weight is 493 g/mol. The van der Waals surface area contributed by atoms with Crippen LogP contribution in [0.4, 0.5) is 35.3 Å². The van der Waals surface area contributed by atoms with Crippen molar-refractivity contribution in [2.24, 2.45) is 16.5 Å². The molecule has 1 aromatic carbocycles. The molecule has 14 heteroatoms. The maximum atomic E-state index is 13.0. The average Bonchev–Trinajstić information content (AvgIpc) is 3.21. The number of nitrogens with two attached hydrogens (primary N) is 2. The molecule has 3 aromatic rings. The Kier molecular flexibility index (Phi) is 6.10. The molecule has 0 unspecified atom stereocenters. The fourth-order valence-electron chi connectivity index (χ4n) is 3.20. The molecule has 1 saturated carbocycles. The highest BCUT2D eigenvalue weighted by molar-refractivity contribution is 7.15. The molecular weight excluding hydrogens is 475 g/mol. The van der Waals surface area contributed by atoms with Gasteiger partial charge in [-0.2, -0.15) is 18.2 Å². The number of anilines is 2. The lowest BCUT2D eigenvalue weighted by Gasteiger charge is -2.34. The number of halogens is 3. The number of hydrogen-bond acceptors (Lipinski definition) is 9. The summed E-state index contributed by atoms with van der Waals surface area (Å²) >= 11 is 1.27. The minimum Gasteiger partial charge on any atom is -0.383 e. The number of ether oxygens (including phenoxy) is 1. The summed E-state index contributed by atoms with van der Waals surface area (Å²) in [5, 5.41) is 13.8. The number of carbonyl (C=O) groups excluding carboxylic acids is 1. The van der Waals surface area contributed by atoms with Crippen LogP contribution in [0.5, 0.6) is 0 Å². The van der Waals surface area contributed by atoms with Gasteiger partial charge >= 0.3 is 12.3 Å². The summed E-state index contributed by atoms with van der Waals surface area (Å²) in [5.41, 5.74) is 9.48. The lowest BCUT2D eigenvalue weighted by Crippen LogP contribution is -2.33. The van der Waals surface area contributed by atoms with Crippen LogP contribution >= 0.6 is 11.3 Å². The van der Waals surface area contributed by atoms with E-state index in [0.29, 0.717) is 28.3 Å². The summed E-state index contributed by atoms with van der Waals surface area (Å²) in [4.78, 5) is 27.2. The predicted octanol–water partition coefficient (Wildman–Crippen LogP) is 3.78. The van der Waals surface area contributed by atoms with Crippen LogP contribution in [0.2, 0.25) is 0 Å². The summed E-state index contributed by atoms with van der Waals surface area (Å²) in [6.45, 7) is 0. The molecule has 2 heterocycles.